The average Bonchev–Trinajstić information content (AvgIpc) is 2.51. The van der Waals surface area contributed by atoms with Crippen molar-refractivity contribution in [2.75, 3.05) is 6.54 Å². The molecule has 1 aliphatic rings. The van der Waals surface area contributed by atoms with Crippen molar-refractivity contribution in [2.24, 2.45) is 0 Å². The van der Waals surface area contributed by atoms with Crippen LogP contribution in [0.2, 0.25) is 0 Å². The van der Waals surface area contributed by atoms with Crippen molar-refractivity contribution in [3.8, 4) is 0 Å². The summed E-state index contributed by atoms with van der Waals surface area (Å²) in [5.74, 6) is 0.475. The number of rotatable bonds is 3. The molecule has 0 amide bonds. The van der Waals surface area contributed by atoms with Gasteiger partial charge in [-0.15, -0.1) is 0 Å². The summed E-state index contributed by atoms with van der Waals surface area (Å²) >= 11 is 0. The molecule has 1 aliphatic heterocycles. The Labute approximate surface area is 115 Å². The predicted molar refractivity (Wildman–Crippen MR) is 80.4 cm³/mol. The molecule has 2 aromatic rings. The summed E-state index contributed by atoms with van der Waals surface area (Å²) in [6.07, 6.45) is 3.93. The van der Waals surface area contributed by atoms with E-state index in [-0.39, 0.29) is 0 Å². The molecule has 2 aromatic carbocycles. The monoisotopic (exact) mass is 251 g/mol. The van der Waals surface area contributed by atoms with E-state index in [1.165, 1.54) is 30.4 Å². The lowest BCUT2D eigenvalue weighted by molar-refractivity contribution is 0.372. The Morgan fingerprint density at radius 3 is 1.84 bits per heavy atom. The van der Waals surface area contributed by atoms with Crippen LogP contribution in [0.4, 0.5) is 0 Å². The quantitative estimate of drug-likeness (QED) is 0.870. The van der Waals surface area contributed by atoms with Crippen LogP contribution in [0.3, 0.4) is 0 Å². The third-order valence-electron chi connectivity index (χ3n) is 4.07. The van der Waals surface area contributed by atoms with Crippen LogP contribution in [0.1, 0.15) is 36.3 Å². The molecule has 1 N–H and O–H groups in total. The van der Waals surface area contributed by atoms with Crippen LogP contribution in [0.25, 0.3) is 0 Å². The van der Waals surface area contributed by atoms with Gasteiger partial charge in [-0.25, -0.2) is 0 Å². The molecule has 1 heteroatoms. The first-order valence-corrected chi connectivity index (χ1v) is 7.28. The second kappa shape index (κ2) is 6.03. The minimum absolute atomic E-state index is 0.475. The molecule has 1 fully saturated rings. The molecule has 3 rings (SSSR count). The molecule has 1 saturated heterocycles. The topological polar surface area (TPSA) is 12.0 Å². The van der Waals surface area contributed by atoms with E-state index in [0.717, 1.165) is 6.54 Å². The van der Waals surface area contributed by atoms with Crippen LogP contribution in [-0.2, 0) is 0 Å². The van der Waals surface area contributed by atoms with Gasteiger partial charge in [-0.05, 0) is 30.5 Å². The lowest BCUT2D eigenvalue weighted by atomic mass is 9.81. The molecule has 0 radical (unpaired) electrons. The van der Waals surface area contributed by atoms with Crippen molar-refractivity contribution in [2.45, 2.75) is 31.2 Å². The van der Waals surface area contributed by atoms with Gasteiger partial charge in [0.05, 0.1) is 0 Å². The molecule has 0 bridgehead atoms. The summed E-state index contributed by atoms with van der Waals surface area (Å²) < 4.78 is 0. The molecule has 1 heterocycles. The standard InChI is InChI=1S/C18H21N/c1-3-9-15(10-4-1)18(16-11-5-2-6-12-16)17-13-7-8-14-19-17/h1-6,9-12,17-19H,7-8,13-14H2/t17-/m1/s1. The molecular weight excluding hydrogens is 230 g/mol. The van der Waals surface area contributed by atoms with E-state index in [1.807, 2.05) is 0 Å². The Hall–Kier alpha value is -1.60. The lowest BCUT2D eigenvalue weighted by Gasteiger charge is -2.32. The fourth-order valence-electron chi connectivity index (χ4n) is 3.14. The van der Waals surface area contributed by atoms with Crippen LogP contribution in [0.15, 0.2) is 60.7 Å². The number of piperidine rings is 1. The smallest absolute Gasteiger partial charge is 0.0243 e. The minimum Gasteiger partial charge on any atom is -0.313 e. The highest BCUT2D eigenvalue weighted by molar-refractivity contribution is 5.34. The van der Waals surface area contributed by atoms with Gasteiger partial charge in [0.2, 0.25) is 0 Å². The zero-order chi connectivity index (χ0) is 12.9. The average molecular weight is 251 g/mol. The molecule has 0 aliphatic carbocycles. The molecule has 0 spiro atoms. The molecule has 1 nitrogen and oxygen atoms in total. The number of benzene rings is 2. The van der Waals surface area contributed by atoms with E-state index in [0.29, 0.717) is 12.0 Å². The molecule has 0 aromatic heterocycles. The first-order chi connectivity index (χ1) is 9.45. The van der Waals surface area contributed by atoms with Gasteiger partial charge in [0.1, 0.15) is 0 Å². The third-order valence-corrected chi connectivity index (χ3v) is 4.07. The summed E-state index contributed by atoms with van der Waals surface area (Å²) in [4.78, 5) is 0. The van der Waals surface area contributed by atoms with Gasteiger partial charge in [0, 0.05) is 12.0 Å². The van der Waals surface area contributed by atoms with Crippen LogP contribution < -0.4 is 5.32 Å². The van der Waals surface area contributed by atoms with Crippen LogP contribution in [0, 0.1) is 0 Å². The maximum atomic E-state index is 3.72. The van der Waals surface area contributed by atoms with Crippen LogP contribution in [-0.4, -0.2) is 12.6 Å². The van der Waals surface area contributed by atoms with Gasteiger partial charge in [-0.2, -0.15) is 0 Å². The molecule has 19 heavy (non-hydrogen) atoms. The Bertz CT molecular complexity index is 446. The van der Waals surface area contributed by atoms with Crippen LogP contribution in [0.5, 0.6) is 0 Å². The fourth-order valence-corrected chi connectivity index (χ4v) is 3.14. The highest BCUT2D eigenvalue weighted by Crippen LogP contribution is 2.31. The third kappa shape index (κ3) is 2.87. The zero-order valence-corrected chi connectivity index (χ0v) is 11.3. The van der Waals surface area contributed by atoms with Gasteiger partial charge in [-0.1, -0.05) is 67.1 Å². The van der Waals surface area contributed by atoms with E-state index in [1.54, 1.807) is 0 Å². The molecular formula is C18H21N. The van der Waals surface area contributed by atoms with Crippen molar-refractivity contribution in [3.63, 3.8) is 0 Å². The van der Waals surface area contributed by atoms with Crippen molar-refractivity contribution >= 4 is 0 Å². The molecule has 0 unspecified atom stereocenters. The summed E-state index contributed by atoms with van der Waals surface area (Å²) in [6.45, 7) is 1.15. The first-order valence-electron chi connectivity index (χ1n) is 7.28. The lowest BCUT2D eigenvalue weighted by Crippen LogP contribution is -2.39. The van der Waals surface area contributed by atoms with E-state index in [2.05, 4.69) is 66.0 Å². The van der Waals surface area contributed by atoms with E-state index >= 15 is 0 Å². The van der Waals surface area contributed by atoms with Crippen LogP contribution >= 0.6 is 0 Å². The number of nitrogens with one attached hydrogen (secondary N) is 1. The van der Waals surface area contributed by atoms with Gasteiger partial charge >= 0.3 is 0 Å². The Morgan fingerprint density at radius 2 is 1.37 bits per heavy atom. The Kier molecular flexibility index (Phi) is 3.95. The SMILES string of the molecule is c1ccc(C(c2ccccc2)[C@H]2CCCCN2)cc1. The number of hydrogen-bond donors (Lipinski definition) is 1. The first kappa shape index (κ1) is 12.4. The predicted octanol–water partition coefficient (Wildman–Crippen LogP) is 3.96. The maximum absolute atomic E-state index is 3.72. The van der Waals surface area contributed by atoms with Crippen molar-refractivity contribution < 1.29 is 0 Å². The van der Waals surface area contributed by atoms with E-state index in [9.17, 15) is 0 Å². The number of hydrogen-bond acceptors (Lipinski definition) is 1. The summed E-state index contributed by atoms with van der Waals surface area (Å²) in [5.41, 5.74) is 2.85. The normalized spacial score (nSPS) is 19.5. The fraction of sp³-hybridized carbons (Fsp3) is 0.333. The summed E-state index contributed by atoms with van der Waals surface area (Å²) in [6, 6.07) is 22.4. The van der Waals surface area contributed by atoms with Crippen molar-refractivity contribution in [1.29, 1.82) is 0 Å². The Balaban J connectivity index is 1.96. The van der Waals surface area contributed by atoms with Gasteiger partial charge < -0.3 is 5.32 Å². The van der Waals surface area contributed by atoms with Gasteiger partial charge in [0.25, 0.3) is 0 Å². The Morgan fingerprint density at radius 1 is 0.789 bits per heavy atom. The maximum Gasteiger partial charge on any atom is 0.0243 e. The highest BCUT2D eigenvalue weighted by Gasteiger charge is 2.25. The summed E-state index contributed by atoms with van der Waals surface area (Å²) in [5, 5.41) is 3.72. The molecule has 98 valence electrons. The van der Waals surface area contributed by atoms with E-state index < -0.39 is 0 Å². The van der Waals surface area contributed by atoms with Crippen molar-refractivity contribution in [3.05, 3.63) is 71.8 Å². The van der Waals surface area contributed by atoms with E-state index in [4.69, 9.17) is 0 Å². The zero-order valence-electron chi connectivity index (χ0n) is 11.3. The second-order valence-electron chi connectivity index (χ2n) is 5.36. The second-order valence-corrected chi connectivity index (χ2v) is 5.36. The van der Waals surface area contributed by atoms with Gasteiger partial charge in [-0.3, -0.25) is 0 Å². The minimum atomic E-state index is 0.475. The van der Waals surface area contributed by atoms with Crippen molar-refractivity contribution in [1.82, 2.24) is 5.32 Å². The highest BCUT2D eigenvalue weighted by atomic mass is 14.9. The molecule has 1 atom stereocenters. The van der Waals surface area contributed by atoms with Gasteiger partial charge in [0.15, 0.2) is 0 Å². The summed E-state index contributed by atoms with van der Waals surface area (Å²) in [7, 11) is 0. The molecule has 0 saturated carbocycles. The largest absolute Gasteiger partial charge is 0.313 e.